The Morgan fingerprint density at radius 3 is 2.44 bits per heavy atom. The van der Waals surface area contributed by atoms with Crippen LogP contribution in [-0.2, 0) is 32.0 Å². The van der Waals surface area contributed by atoms with Gasteiger partial charge in [0, 0.05) is 19.8 Å². The summed E-state index contributed by atoms with van der Waals surface area (Å²) in [5, 5.41) is -0.0319. The maximum atomic E-state index is 13.5. The monoisotopic (exact) mass is 451 g/mol. The van der Waals surface area contributed by atoms with Gasteiger partial charge in [-0.2, -0.15) is 4.98 Å². The van der Waals surface area contributed by atoms with Crippen molar-refractivity contribution in [2.45, 2.75) is 20.0 Å². The third-order valence-electron chi connectivity index (χ3n) is 5.39. The molecule has 0 N–H and O–H groups in total. The fraction of sp³-hybridized carbons (Fsp3) is 0.217. The lowest BCUT2D eigenvalue weighted by atomic mass is 10.1. The summed E-state index contributed by atoms with van der Waals surface area (Å²) in [6, 6.07) is 17.3. The molecule has 0 unspecified atom stereocenters. The molecule has 1 amide bonds. The third-order valence-corrected chi connectivity index (χ3v) is 5.68. The van der Waals surface area contributed by atoms with Crippen LogP contribution in [0.25, 0.3) is 11.2 Å². The SMILES string of the molecule is Cc1cccc(N(Cc2ccccc2)C(=O)Cn2c(Cl)nc3c2c(=O)n(C)c(=O)n3C)c1. The molecule has 0 saturated carbocycles. The van der Waals surface area contributed by atoms with Crippen molar-refractivity contribution in [2.75, 3.05) is 4.90 Å². The second-order valence-electron chi connectivity index (χ2n) is 7.65. The van der Waals surface area contributed by atoms with Crippen LogP contribution in [0.5, 0.6) is 0 Å². The molecule has 2 heterocycles. The van der Waals surface area contributed by atoms with Gasteiger partial charge in [0.15, 0.2) is 11.2 Å². The van der Waals surface area contributed by atoms with E-state index in [2.05, 4.69) is 4.98 Å². The zero-order chi connectivity index (χ0) is 23.0. The Morgan fingerprint density at radius 2 is 1.75 bits per heavy atom. The molecule has 8 nitrogen and oxygen atoms in total. The lowest BCUT2D eigenvalue weighted by molar-refractivity contribution is -0.119. The zero-order valence-corrected chi connectivity index (χ0v) is 18.7. The highest BCUT2D eigenvalue weighted by atomic mass is 35.5. The first kappa shape index (κ1) is 21.6. The van der Waals surface area contributed by atoms with Crippen LogP contribution >= 0.6 is 11.6 Å². The van der Waals surface area contributed by atoms with E-state index in [-0.39, 0.29) is 28.9 Å². The van der Waals surface area contributed by atoms with Gasteiger partial charge in [0.25, 0.3) is 5.56 Å². The molecule has 2 aromatic heterocycles. The van der Waals surface area contributed by atoms with Crippen LogP contribution in [0.3, 0.4) is 0 Å². The first-order chi connectivity index (χ1) is 15.3. The first-order valence-electron chi connectivity index (χ1n) is 10.0. The lowest BCUT2D eigenvalue weighted by Crippen LogP contribution is -2.38. The summed E-state index contributed by atoms with van der Waals surface area (Å²) in [7, 11) is 2.89. The van der Waals surface area contributed by atoms with Crippen LogP contribution < -0.4 is 16.1 Å². The van der Waals surface area contributed by atoms with E-state index in [9.17, 15) is 14.4 Å². The largest absolute Gasteiger partial charge is 0.332 e. The van der Waals surface area contributed by atoms with Crippen molar-refractivity contribution in [2.24, 2.45) is 14.1 Å². The number of carbonyl (C=O) groups excluding carboxylic acids is 1. The van der Waals surface area contributed by atoms with Crippen LogP contribution in [0, 0.1) is 6.92 Å². The Kier molecular flexibility index (Phi) is 5.71. The molecule has 32 heavy (non-hydrogen) atoms. The number of hydrogen-bond donors (Lipinski definition) is 0. The number of aromatic nitrogens is 4. The molecular weight excluding hydrogens is 430 g/mol. The summed E-state index contributed by atoms with van der Waals surface area (Å²) in [4.78, 5) is 44.4. The second kappa shape index (κ2) is 8.47. The quantitative estimate of drug-likeness (QED) is 0.437. The van der Waals surface area contributed by atoms with E-state index in [0.717, 1.165) is 21.4 Å². The van der Waals surface area contributed by atoms with Crippen LogP contribution in [-0.4, -0.2) is 24.6 Å². The van der Waals surface area contributed by atoms with Crippen LogP contribution in [0.1, 0.15) is 11.1 Å². The maximum Gasteiger partial charge on any atom is 0.332 e. The van der Waals surface area contributed by atoms with E-state index in [1.54, 1.807) is 4.90 Å². The molecule has 0 fully saturated rings. The molecule has 4 aromatic rings. The Labute approximate surface area is 188 Å². The minimum absolute atomic E-state index is 0.0319. The minimum atomic E-state index is -0.555. The van der Waals surface area contributed by atoms with Crippen molar-refractivity contribution < 1.29 is 4.79 Å². The Bertz CT molecular complexity index is 1440. The highest BCUT2D eigenvalue weighted by Gasteiger charge is 2.23. The average molecular weight is 452 g/mol. The Morgan fingerprint density at radius 1 is 1.03 bits per heavy atom. The molecule has 0 aliphatic carbocycles. The van der Waals surface area contributed by atoms with Crippen molar-refractivity contribution >= 4 is 34.4 Å². The molecule has 164 valence electrons. The number of rotatable bonds is 5. The van der Waals surface area contributed by atoms with Crippen molar-refractivity contribution in [3.63, 3.8) is 0 Å². The number of imidazole rings is 1. The first-order valence-corrected chi connectivity index (χ1v) is 10.4. The summed E-state index contributed by atoms with van der Waals surface area (Å²) < 4.78 is 3.57. The average Bonchev–Trinajstić information content (AvgIpc) is 3.11. The summed E-state index contributed by atoms with van der Waals surface area (Å²) >= 11 is 6.31. The molecular formula is C23H22ClN5O3. The Hall–Kier alpha value is -3.65. The van der Waals surface area contributed by atoms with E-state index in [1.165, 1.54) is 23.2 Å². The molecule has 4 rings (SSSR count). The van der Waals surface area contributed by atoms with Gasteiger partial charge in [-0.1, -0.05) is 42.5 Å². The van der Waals surface area contributed by atoms with Gasteiger partial charge in [0.1, 0.15) is 6.54 Å². The minimum Gasteiger partial charge on any atom is -0.306 e. The molecule has 0 radical (unpaired) electrons. The van der Waals surface area contributed by atoms with Crippen molar-refractivity contribution in [3.05, 3.63) is 91.8 Å². The molecule has 0 saturated heterocycles. The van der Waals surface area contributed by atoms with Gasteiger partial charge < -0.3 is 4.90 Å². The fourth-order valence-corrected chi connectivity index (χ4v) is 3.89. The van der Waals surface area contributed by atoms with E-state index < -0.39 is 11.2 Å². The second-order valence-corrected chi connectivity index (χ2v) is 7.99. The van der Waals surface area contributed by atoms with E-state index >= 15 is 0 Å². The van der Waals surface area contributed by atoms with E-state index in [1.807, 2.05) is 61.5 Å². The van der Waals surface area contributed by atoms with E-state index in [4.69, 9.17) is 11.6 Å². The maximum absolute atomic E-state index is 13.5. The number of hydrogen-bond acceptors (Lipinski definition) is 4. The molecule has 0 bridgehead atoms. The Balaban J connectivity index is 1.79. The topological polar surface area (TPSA) is 82.1 Å². The zero-order valence-electron chi connectivity index (χ0n) is 17.9. The van der Waals surface area contributed by atoms with Crippen LogP contribution in [0.4, 0.5) is 5.69 Å². The molecule has 2 aromatic carbocycles. The van der Waals surface area contributed by atoms with Gasteiger partial charge in [-0.05, 0) is 41.8 Å². The van der Waals surface area contributed by atoms with Crippen LogP contribution in [0.2, 0.25) is 5.28 Å². The molecule has 0 aliphatic rings. The lowest BCUT2D eigenvalue weighted by Gasteiger charge is -2.24. The van der Waals surface area contributed by atoms with Crippen LogP contribution in [0.15, 0.2) is 64.2 Å². The van der Waals surface area contributed by atoms with Crippen molar-refractivity contribution in [3.8, 4) is 0 Å². The van der Waals surface area contributed by atoms with Gasteiger partial charge in [0.2, 0.25) is 11.2 Å². The van der Waals surface area contributed by atoms with E-state index in [0.29, 0.717) is 6.54 Å². The molecule has 0 aliphatic heterocycles. The molecule has 0 atom stereocenters. The number of amides is 1. The van der Waals surface area contributed by atoms with Gasteiger partial charge in [-0.15, -0.1) is 0 Å². The third kappa shape index (κ3) is 3.85. The fourth-order valence-electron chi connectivity index (χ4n) is 3.67. The summed E-state index contributed by atoms with van der Waals surface area (Å²) in [6.07, 6.45) is 0. The van der Waals surface area contributed by atoms with Gasteiger partial charge >= 0.3 is 5.69 Å². The highest BCUT2D eigenvalue weighted by Crippen LogP contribution is 2.22. The number of carbonyl (C=O) groups is 1. The number of nitrogens with zero attached hydrogens (tertiary/aromatic N) is 5. The predicted molar refractivity (Wildman–Crippen MR) is 124 cm³/mol. The van der Waals surface area contributed by atoms with Gasteiger partial charge in [0.05, 0.1) is 6.54 Å². The highest BCUT2D eigenvalue weighted by molar-refractivity contribution is 6.29. The number of anilines is 1. The van der Waals surface area contributed by atoms with Crippen molar-refractivity contribution in [1.29, 1.82) is 0 Å². The summed E-state index contributed by atoms with van der Waals surface area (Å²) in [5.74, 6) is -0.267. The number of benzene rings is 2. The summed E-state index contributed by atoms with van der Waals surface area (Å²) in [6.45, 7) is 2.10. The van der Waals surface area contributed by atoms with Crippen molar-refractivity contribution in [1.82, 2.24) is 18.7 Å². The van der Waals surface area contributed by atoms with Gasteiger partial charge in [-0.3, -0.25) is 23.3 Å². The number of aryl methyl sites for hydroxylation is 2. The standard InChI is InChI=1S/C23H22ClN5O3/c1-15-8-7-11-17(12-15)28(13-16-9-5-4-6-10-16)18(30)14-29-19-20(25-22(29)24)26(2)23(32)27(3)21(19)31/h4-12H,13-14H2,1-3H3. The normalized spacial score (nSPS) is 11.1. The molecule has 0 spiro atoms. The van der Waals surface area contributed by atoms with Gasteiger partial charge in [-0.25, -0.2) is 4.79 Å². The predicted octanol–water partition coefficient (Wildman–Crippen LogP) is 2.63. The number of halogens is 1. The smallest absolute Gasteiger partial charge is 0.306 e. The summed E-state index contributed by atoms with van der Waals surface area (Å²) in [5.41, 5.74) is 1.89. The number of fused-ring (bicyclic) bond motifs is 1. The molecule has 9 heteroatoms.